The third kappa shape index (κ3) is 2.85. The Morgan fingerprint density at radius 2 is 1.96 bits per heavy atom. The van der Waals surface area contributed by atoms with Crippen LogP contribution in [0, 0.1) is 12.3 Å². The maximum atomic E-state index is 12.6. The zero-order chi connectivity index (χ0) is 16.4. The van der Waals surface area contributed by atoms with Gasteiger partial charge >= 0.3 is 0 Å². The van der Waals surface area contributed by atoms with Gasteiger partial charge in [0.2, 0.25) is 5.91 Å². The smallest absolute Gasteiger partial charge is 0.274 e. The molecule has 1 spiro atoms. The van der Waals surface area contributed by atoms with Crippen LogP contribution in [0.5, 0.6) is 0 Å². The van der Waals surface area contributed by atoms with Crippen LogP contribution in [-0.2, 0) is 4.79 Å². The number of nitrogens with zero attached hydrogens (tertiary/aromatic N) is 4. The van der Waals surface area contributed by atoms with Gasteiger partial charge in [-0.1, -0.05) is 6.08 Å². The van der Waals surface area contributed by atoms with Crippen LogP contribution in [0.15, 0.2) is 25.0 Å². The monoisotopic (exact) mass is 314 g/mol. The van der Waals surface area contributed by atoms with E-state index in [2.05, 4.69) is 16.5 Å². The largest absolute Gasteiger partial charge is 0.338 e. The van der Waals surface area contributed by atoms with Gasteiger partial charge in [0.25, 0.3) is 5.91 Å². The Bertz CT molecular complexity index is 618. The lowest BCUT2D eigenvalue weighted by Gasteiger charge is -2.37. The van der Waals surface area contributed by atoms with E-state index >= 15 is 0 Å². The second-order valence-electron chi connectivity index (χ2n) is 6.41. The van der Waals surface area contributed by atoms with Crippen molar-refractivity contribution in [1.82, 2.24) is 19.8 Å². The lowest BCUT2D eigenvalue weighted by atomic mass is 9.77. The molecule has 0 unspecified atom stereocenters. The first kappa shape index (κ1) is 15.6. The summed E-state index contributed by atoms with van der Waals surface area (Å²) in [7, 11) is 0. The number of carbonyl (C=O) groups excluding carboxylic acids is 2. The molecular formula is C17H22N4O2. The lowest BCUT2D eigenvalue weighted by molar-refractivity contribution is -0.137. The first-order valence-electron chi connectivity index (χ1n) is 8.04. The van der Waals surface area contributed by atoms with Gasteiger partial charge in [0.05, 0.1) is 17.3 Å². The van der Waals surface area contributed by atoms with Gasteiger partial charge in [0.15, 0.2) is 0 Å². The van der Waals surface area contributed by atoms with Crippen molar-refractivity contribution < 1.29 is 9.59 Å². The van der Waals surface area contributed by atoms with E-state index in [0.29, 0.717) is 25.3 Å². The van der Waals surface area contributed by atoms with E-state index in [0.717, 1.165) is 31.5 Å². The normalized spacial score (nSPS) is 20.1. The first-order valence-corrected chi connectivity index (χ1v) is 8.04. The third-order valence-electron chi connectivity index (χ3n) is 4.96. The zero-order valence-electron chi connectivity index (χ0n) is 13.5. The second-order valence-corrected chi connectivity index (χ2v) is 6.41. The van der Waals surface area contributed by atoms with Crippen LogP contribution in [0.1, 0.15) is 35.4 Å². The molecule has 1 aromatic heterocycles. The molecule has 1 aromatic rings. The number of hydrogen-bond donors (Lipinski definition) is 0. The van der Waals surface area contributed by atoms with E-state index in [1.54, 1.807) is 17.2 Å². The van der Waals surface area contributed by atoms with Crippen LogP contribution in [0.25, 0.3) is 0 Å². The molecule has 122 valence electrons. The van der Waals surface area contributed by atoms with Crippen molar-refractivity contribution >= 4 is 11.8 Å². The number of aryl methyl sites for hydroxylation is 1. The molecule has 0 saturated carbocycles. The number of carbonyl (C=O) groups is 2. The lowest BCUT2D eigenvalue weighted by Crippen LogP contribution is -2.46. The average Bonchev–Trinajstić information content (AvgIpc) is 2.86. The fourth-order valence-corrected chi connectivity index (χ4v) is 3.49. The topological polar surface area (TPSA) is 66.4 Å². The number of rotatable bonds is 3. The summed E-state index contributed by atoms with van der Waals surface area (Å²) in [6.07, 6.45) is 7.23. The highest BCUT2D eigenvalue weighted by Gasteiger charge is 2.48. The maximum absolute atomic E-state index is 12.6. The van der Waals surface area contributed by atoms with Gasteiger partial charge in [-0.15, -0.1) is 6.58 Å². The van der Waals surface area contributed by atoms with Crippen molar-refractivity contribution in [3.8, 4) is 0 Å². The minimum absolute atomic E-state index is 0.0965. The molecule has 2 amide bonds. The van der Waals surface area contributed by atoms with E-state index in [1.807, 2.05) is 11.8 Å². The summed E-state index contributed by atoms with van der Waals surface area (Å²) in [5.74, 6) is 0.125. The zero-order valence-corrected chi connectivity index (χ0v) is 13.5. The maximum Gasteiger partial charge on any atom is 0.274 e. The van der Waals surface area contributed by atoms with Gasteiger partial charge < -0.3 is 9.80 Å². The van der Waals surface area contributed by atoms with Gasteiger partial charge in [-0.05, 0) is 26.2 Å². The highest BCUT2D eigenvalue weighted by molar-refractivity contribution is 5.92. The fraction of sp³-hybridized carbons (Fsp3) is 0.529. The van der Waals surface area contributed by atoms with Crippen LogP contribution in [-0.4, -0.2) is 57.8 Å². The quantitative estimate of drug-likeness (QED) is 0.792. The van der Waals surface area contributed by atoms with Crippen LogP contribution >= 0.6 is 0 Å². The van der Waals surface area contributed by atoms with E-state index in [4.69, 9.17) is 0 Å². The Balaban J connectivity index is 1.64. The molecule has 2 saturated heterocycles. The predicted molar refractivity (Wildman–Crippen MR) is 85.7 cm³/mol. The molecule has 0 atom stereocenters. The van der Waals surface area contributed by atoms with Crippen LogP contribution in [0.2, 0.25) is 0 Å². The Hall–Kier alpha value is -2.24. The molecule has 0 bridgehead atoms. The van der Waals surface area contributed by atoms with E-state index in [-0.39, 0.29) is 17.2 Å². The molecule has 0 aliphatic carbocycles. The minimum Gasteiger partial charge on any atom is -0.338 e. The summed E-state index contributed by atoms with van der Waals surface area (Å²) in [6.45, 7) is 8.15. The Morgan fingerprint density at radius 1 is 1.26 bits per heavy atom. The number of aromatic nitrogens is 2. The summed E-state index contributed by atoms with van der Waals surface area (Å²) >= 11 is 0. The van der Waals surface area contributed by atoms with Gasteiger partial charge in [0.1, 0.15) is 5.69 Å². The standard InChI is InChI=1S/C17H22N4O2/c1-3-7-21-10-6-17(16(21)23)4-8-20(9-5-17)15(22)14-12-18-13(2)11-19-14/h3,11-12H,1,4-10H2,2H3. The molecule has 6 nitrogen and oxygen atoms in total. The number of piperidine rings is 1. The molecular weight excluding hydrogens is 292 g/mol. The molecule has 3 rings (SSSR count). The molecule has 0 radical (unpaired) electrons. The SMILES string of the molecule is C=CCN1CCC2(CCN(C(=O)c3cnc(C)cn3)CC2)C1=O. The Labute approximate surface area is 136 Å². The van der Waals surface area contributed by atoms with Crippen LogP contribution < -0.4 is 0 Å². The van der Waals surface area contributed by atoms with E-state index < -0.39 is 0 Å². The average molecular weight is 314 g/mol. The summed E-state index contributed by atoms with van der Waals surface area (Å²) in [5.41, 5.74) is 0.884. The third-order valence-corrected chi connectivity index (χ3v) is 4.96. The fourth-order valence-electron chi connectivity index (χ4n) is 3.49. The van der Waals surface area contributed by atoms with Crippen molar-refractivity contribution in [1.29, 1.82) is 0 Å². The van der Waals surface area contributed by atoms with Crippen LogP contribution in [0.4, 0.5) is 0 Å². The molecule has 23 heavy (non-hydrogen) atoms. The summed E-state index contributed by atoms with van der Waals surface area (Å²) in [6, 6.07) is 0. The van der Waals surface area contributed by atoms with Gasteiger partial charge in [0, 0.05) is 32.4 Å². The van der Waals surface area contributed by atoms with Crippen molar-refractivity contribution in [3.63, 3.8) is 0 Å². The number of likely N-dealkylation sites (tertiary alicyclic amines) is 2. The van der Waals surface area contributed by atoms with Crippen molar-refractivity contribution in [2.24, 2.45) is 5.41 Å². The second kappa shape index (κ2) is 6.10. The highest BCUT2D eigenvalue weighted by atomic mass is 16.2. The molecule has 3 heterocycles. The number of hydrogen-bond acceptors (Lipinski definition) is 4. The van der Waals surface area contributed by atoms with Gasteiger partial charge in [-0.2, -0.15) is 0 Å². The van der Waals surface area contributed by atoms with E-state index in [9.17, 15) is 9.59 Å². The predicted octanol–water partition coefficient (Wildman–Crippen LogP) is 1.43. The Kier molecular flexibility index (Phi) is 4.15. The molecule has 6 heteroatoms. The number of amides is 2. The van der Waals surface area contributed by atoms with E-state index in [1.165, 1.54) is 6.20 Å². The van der Waals surface area contributed by atoms with Crippen molar-refractivity contribution in [2.45, 2.75) is 26.2 Å². The van der Waals surface area contributed by atoms with Crippen molar-refractivity contribution in [3.05, 3.63) is 36.4 Å². The first-order chi connectivity index (χ1) is 11.1. The molecule has 0 aromatic carbocycles. The molecule has 0 N–H and O–H groups in total. The molecule has 2 fully saturated rings. The van der Waals surface area contributed by atoms with Crippen LogP contribution in [0.3, 0.4) is 0 Å². The molecule has 2 aliphatic rings. The summed E-state index contributed by atoms with van der Waals surface area (Å²) in [5, 5.41) is 0. The van der Waals surface area contributed by atoms with Crippen molar-refractivity contribution in [2.75, 3.05) is 26.2 Å². The Morgan fingerprint density at radius 3 is 2.57 bits per heavy atom. The highest BCUT2D eigenvalue weighted by Crippen LogP contribution is 2.41. The summed E-state index contributed by atoms with van der Waals surface area (Å²) in [4.78, 5) is 37.0. The summed E-state index contributed by atoms with van der Waals surface area (Å²) < 4.78 is 0. The van der Waals surface area contributed by atoms with Gasteiger partial charge in [-0.25, -0.2) is 4.98 Å². The van der Waals surface area contributed by atoms with Gasteiger partial charge in [-0.3, -0.25) is 14.6 Å². The molecule has 2 aliphatic heterocycles. The minimum atomic E-state index is -0.279.